The van der Waals surface area contributed by atoms with E-state index in [0.717, 1.165) is 0 Å². The SMILES string of the molecule is COCCNC(=O)CS(=O)(=O)CCC(C)N. The summed E-state index contributed by atoms with van der Waals surface area (Å²) in [7, 11) is -1.84. The van der Waals surface area contributed by atoms with Crippen molar-refractivity contribution in [2.24, 2.45) is 5.73 Å². The van der Waals surface area contributed by atoms with Gasteiger partial charge in [-0.15, -0.1) is 0 Å². The number of nitrogens with one attached hydrogen (secondary N) is 1. The van der Waals surface area contributed by atoms with Crippen molar-refractivity contribution in [2.75, 3.05) is 31.8 Å². The van der Waals surface area contributed by atoms with E-state index in [-0.39, 0.29) is 11.8 Å². The molecule has 0 aliphatic carbocycles. The number of nitrogens with two attached hydrogens (primary N) is 1. The van der Waals surface area contributed by atoms with Crippen molar-refractivity contribution in [3.8, 4) is 0 Å². The van der Waals surface area contributed by atoms with Crippen molar-refractivity contribution < 1.29 is 17.9 Å². The quantitative estimate of drug-likeness (QED) is 0.534. The number of rotatable bonds is 8. The summed E-state index contributed by atoms with van der Waals surface area (Å²) in [6.45, 7) is 2.41. The van der Waals surface area contributed by atoms with Gasteiger partial charge in [-0.05, 0) is 13.3 Å². The van der Waals surface area contributed by atoms with Crippen LogP contribution in [-0.2, 0) is 19.4 Å². The van der Waals surface area contributed by atoms with E-state index in [1.807, 2.05) is 0 Å². The van der Waals surface area contributed by atoms with Crippen LogP contribution in [0.1, 0.15) is 13.3 Å². The Morgan fingerprint density at radius 2 is 2.12 bits per heavy atom. The maximum atomic E-state index is 11.4. The van der Waals surface area contributed by atoms with Gasteiger partial charge in [0.25, 0.3) is 0 Å². The second-order valence-electron chi connectivity index (χ2n) is 3.70. The highest BCUT2D eigenvalue weighted by atomic mass is 32.2. The lowest BCUT2D eigenvalue weighted by atomic mass is 10.3. The summed E-state index contributed by atoms with van der Waals surface area (Å²) in [5, 5.41) is 2.45. The van der Waals surface area contributed by atoms with E-state index < -0.39 is 21.5 Å². The molecule has 1 amide bonds. The number of amides is 1. The molecule has 96 valence electrons. The van der Waals surface area contributed by atoms with Gasteiger partial charge < -0.3 is 15.8 Å². The number of carbonyl (C=O) groups is 1. The Morgan fingerprint density at radius 1 is 1.50 bits per heavy atom. The summed E-state index contributed by atoms with van der Waals surface area (Å²) in [6, 6.07) is -0.175. The molecule has 1 unspecified atom stereocenters. The first-order chi connectivity index (χ1) is 7.37. The predicted octanol–water partition coefficient (Wildman–Crippen LogP) is -1.10. The molecule has 7 heteroatoms. The number of sulfone groups is 1. The maximum absolute atomic E-state index is 11.4. The fourth-order valence-electron chi connectivity index (χ4n) is 0.981. The van der Waals surface area contributed by atoms with Gasteiger partial charge in [-0.2, -0.15) is 0 Å². The molecule has 0 bridgehead atoms. The molecule has 0 radical (unpaired) electrons. The molecule has 0 spiro atoms. The highest BCUT2D eigenvalue weighted by molar-refractivity contribution is 7.92. The lowest BCUT2D eigenvalue weighted by Crippen LogP contribution is -2.34. The van der Waals surface area contributed by atoms with Crippen LogP contribution in [0.5, 0.6) is 0 Å². The minimum atomic E-state index is -3.35. The zero-order valence-corrected chi connectivity index (χ0v) is 10.5. The number of hydrogen-bond donors (Lipinski definition) is 2. The second kappa shape index (κ2) is 7.59. The first kappa shape index (κ1) is 15.3. The Hall–Kier alpha value is -0.660. The van der Waals surface area contributed by atoms with Crippen LogP contribution in [0.3, 0.4) is 0 Å². The number of methoxy groups -OCH3 is 1. The van der Waals surface area contributed by atoms with Crippen molar-refractivity contribution in [1.82, 2.24) is 5.32 Å². The molecule has 0 aliphatic heterocycles. The molecule has 0 saturated carbocycles. The Bertz CT molecular complexity index is 301. The topological polar surface area (TPSA) is 98.5 Å². The van der Waals surface area contributed by atoms with Crippen molar-refractivity contribution in [3.05, 3.63) is 0 Å². The van der Waals surface area contributed by atoms with Gasteiger partial charge >= 0.3 is 0 Å². The normalized spacial score (nSPS) is 13.4. The smallest absolute Gasteiger partial charge is 0.235 e. The van der Waals surface area contributed by atoms with E-state index in [0.29, 0.717) is 19.6 Å². The fourth-order valence-corrected chi connectivity index (χ4v) is 2.36. The number of carbonyl (C=O) groups excluding carboxylic acids is 1. The summed E-state index contributed by atoms with van der Waals surface area (Å²) < 4.78 is 27.6. The highest BCUT2D eigenvalue weighted by Gasteiger charge is 2.16. The molecular formula is C9H20N2O4S. The zero-order chi connectivity index (χ0) is 12.6. The van der Waals surface area contributed by atoms with Crippen molar-refractivity contribution in [1.29, 1.82) is 0 Å². The molecule has 0 aromatic rings. The van der Waals surface area contributed by atoms with Gasteiger partial charge in [0.05, 0.1) is 12.4 Å². The lowest BCUT2D eigenvalue weighted by molar-refractivity contribution is -0.118. The second-order valence-corrected chi connectivity index (χ2v) is 5.88. The van der Waals surface area contributed by atoms with Gasteiger partial charge in [0.15, 0.2) is 9.84 Å². The zero-order valence-electron chi connectivity index (χ0n) is 9.73. The number of hydrogen-bond acceptors (Lipinski definition) is 5. The van der Waals surface area contributed by atoms with E-state index >= 15 is 0 Å². The average molecular weight is 252 g/mol. The average Bonchev–Trinajstić information content (AvgIpc) is 2.15. The molecule has 16 heavy (non-hydrogen) atoms. The Labute approximate surface area is 96.4 Å². The summed E-state index contributed by atoms with van der Waals surface area (Å²) in [5.41, 5.74) is 5.45. The van der Waals surface area contributed by atoms with E-state index in [9.17, 15) is 13.2 Å². The molecule has 0 aliphatic rings. The van der Waals surface area contributed by atoms with E-state index in [1.165, 1.54) is 7.11 Å². The van der Waals surface area contributed by atoms with E-state index in [4.69, 9.17) is 10.5 Å². The highest BCUT2D eigenvalue weighted by Crippen LogP contribution is 1.96. The van der Waals surface area contributed by atoms with Crippen LogP contribution >= 0.6 is 0 Å². The summed E-state index contributed by atoms with van der Waals surface area (Å²) >= 11 is 0. The molecule has 0 rings (SSSR count). The molecule has 0 heterocycles. The van der Waals surface area contributed by atoms with Crippen LogP contribution < -0.4 is 11.1 Å². The largest absolute Gasteiger partial charge is 0.383 e. The van der Waals surface area contributed by atoms with Crippen LogP contribution in [0.2, 0.25) is 0 Å². The number of ether oxygens (including phenoxy) is 1. The van der Waals surface area contributed by atoms with Crippen LogP contribution in [-0.4, -0.2) is 52.1 Å². The van der Waals surface area contributed by atoms with Crippen LogP contribution in [0.15, 0.2) is 0 Å². The molecule has 6 nitrogen and oxygen atoms in total. The van der Waals surface area contributed by atoms with Crippen LogP contribution in [0, 0.1) is 0 Å². The monoisotopic (exact) mass is 252 g/mol. The molecule has 0 fully saturated rings. The molecule has 0 saturated heterocycles. The van der Waals surface area contributed by atoms with Crippen LogP contribution in [0.4, 0.5) is 0 Å². The van der Waals surface area contributed by atoms with Gasteiger partial charge in [-0.3, -0.25) is 4.79 Å². The third-order valence-electron chi connectivity index (χ3n) is 1.86. The van der Waals surface area contributed by atoms with Crippen molar-refractivity contribution in [2.45, 2.75) is 19.4 Å². The first-order valence-electron chi connectivity index (χ1n) is 5.09. The first-order valence-corrected chi connectivity index (χ1v) is 6.91. The Balaban J connectivity index is 3.91. The maximum Gasteiger partial charge on any atom is 0.235 e. The summed E-state index contributed by atoms with van der Waals surface area (Å²) in [5.74, 6) is -1.03. The molecule has 3 N–H and O–H groups in total. The molecule has 0 aromatic heterocycles. The van der Waals surface area contributed by atoms with Crippen molar-refractivity contribution >= 4 is 15.7 Å². The van der Waals surface area contributed by atoms with Gasteiger partial charge in [-0.25, -0.2) is 8.42 Å². The van der Waals surface area contributed by atoms with Gasteiger partial charge in [0.2, 0.25) is 5.91 Å². The molecular weight excluding hydrogens is 232 g/mol. The standard InChI is InChI=1S/C9H20N2O4S/c1-8(10)3-6-16(13,14)7-9(12)11-4-5-15-2/h8H,3-7,10H2,1-2H3,(H,11,12). The summed E-state index contributed by atoms with van der Waals surface area (Å²) in [4.78, 5) is 11.2. The molecule has 0 aromatic carbocycles. The third-order valence-corrected chi connectivity index (χ3v) is 3.42. The van der Waals surface area contributed by atoms with E-state index in [1.54, 1.807) is 6.92 Å². The lowest BCUT2D eigenvalue weighted by Gasteiger charge is -2.07. The summed E-state index contributed by atoms with van der Waals surface area (Å²) in [6.07, 6.45) is 0.369. The predicted molar refractivity (Wildman–Crippen MR) is 61.8 cm³/mol. The Morgan fingerprint density at radius 3 is 2.62 bits per heavy atom. The van der Waals surface area contributed by atoms with Crippen molar-refractivity contribution in [3.63, 3.8) is 0 Å². The minimum absolute atomic E-state index is 0.0532. The van der Waals surface area contributed by atoms with Crippen LogP contribution in [0.25, 0.3) is 0 Å². The van der Waals surface area contributed by atoms with Gasteiger partial charge in [0, 0.05) is 19.7 Å². The minimum Gasteiger partial charge on any atom is -0.383 e. The fraction of sp³-hybridized carbons (Fsp3) is 0.889. The molecule has 1 atom stereocenters. The van der Waals surface area contributed by atoms with Gasteiger partial charge in [-0.1, -0.05) is 0 Å². The Kier molecular flexibility index (Phi) is 7.27. The van der Waals surface area contributed by atoms with E-state index in [2.05, 4.69) is 5.32 Å². The third kappa shape index (κ3) is 8.63. The van der Waals surface area contributed by atoms with Gasteiger partial charge in [0.1, 0.15) is 5.75 Å².